The van der Waals surface area contributed by atoms with Crippen molar-refractivity contribution in [2.24, 2.45) is 5.92 Å². The first-order chi connectivity index (χ1) is 8.90. The van der Waals surface area contributed by atoms with Gasteiger partial charge in [-0.25, -0.2) is 4.79 Å². The largest absolute Gasteiger partial charge is 0.481 e. The normalized spacial score (nSPS) is 22.5. The van der Waals surface area contributed by atoms with Crippen molar-refractivity contribution in [2.45, 2.75) is 5.92 Å². The Morgan fingerprint density at radius 3 is 2.37 bits per heavy atom. The zero-order valence-corrected chi connectivity index (χ0v) is 11.2. The molecule has 102 valence electrons. The third kappa shape index (κ3) is 2.77. The molecule has 1 aromatic rings. The number of hydrogen-bond acceptors (Lipinski definition) is 2. The topological polar surface area (TPSA) is 77.8 Å². The zero-order chi connectivity index (χ0) is 14.2. The first-order valence-corrected chi connectivity index (χ1v) is 6.31. The number of hydrogen-bond donors (Lipinski definition) is 2. The average Bonchev–Trinajstić information content (AvgIpc) is 2.78. The molecule has 2 rings (SSSR count). The van der Waals surface area contributed by atoms with Gasteiger partial charge in [-0.3, -0.25) is 4.79 Å². The molecular weight excluding hydrogens is 293 g/mol. The Hall–Kier alpha value is -1.46. The van der Waals surface area contributed by atoms with Gasteiger partial charge >= 0.3 is 12.1 Å². The summed E-state index contributed by atoms with van der Waals surface area (Å²) in [6, 6.07) is 4.86. The van der Waals surface area contributed by atoms with Crippen molar-refractivity contribution < 1.29 is 19.8 Å². The molecule has 0 spiro atoms. The third-order valence-electron chi connectivity index (χ3n) is 3.28. The van der Waals surface area contributed by atoms with Gasteiger partial charge in [0.25, 0.3) is 0 Å². The predicted octanol–water partition coefficient (Wildman–Crippen LogP) is 2.77. The van der Waals surface area contributed by atoms with Crippen LogP contribution in [0.2, 0.25) is 10.0 Å². The van der Waals surface area contributed by atoms with E-state index in [-0.39, 0.29) is 13.1 Å². The van der Waals surface area contributed by atoms with Crippen LogP contribution in [0.4, 0.5) is 4.79 Å². The lowest BCUT2D eigenvalue weighted by Gasteiger charge is -2.15. The molecule has 1 aliphatic heterocycles. The Morgan fingerprint density at radius 1 is 1.16 bits per heavy atom. The minimum Gasteiger partial charge on any atom is -0.481 e. The number of carbonyl (C=O) groups is 2. The molecule has 1 aliphatic rings. The van der Waals surface area contributed by atoms with Gasteiger partial charge in [-0.15, -0.1) is 0 Å². The summed E-state index contributed by atoms with van der Waals surface area (Å²) >= 11 is 11.7. The summed E-state index contributed by atoms with van der Waals surface area (Å²) in [6.45, 7) is 0.125. The van der Waals surface area contributed by atoms with Gasteiger partial charge in [0.15, 0.2) is 0 Å². The zero-order valence-electron chi connectivity index (χ0n) is 9.72. The molecule has 1 saturated heterocycles. The molecule has 0 aromatic heterocycles. The van der Waals surface area contributed by atoms with E-state index in [4.69, 9.17) is 28.3 Å². The summed E-state index contributed by atoms with van der Waals surface area (Å²) < 4.78 is 0. The van der Waals surface area contributed by atoms with Crippen LogP contribution in [0.25, 0.3) is 0 Å². The maximum absolute atomic E-state index is 11.2. The fourth-order valence-electron chi connectivity index (χ4n) is 2.29. The lowest BCUT2D eigenvalue weighted by molar-refractivity contribution is -0.141. The van der Waals surface area contributed by atoms with E-state index in [2.05, 4.69) is 0 Å². The van der Waals surface area contributed by atoms with Gasteiger partial charge in [0, 0.05) is 19.0 Å². The third-order valence-corrected chi connectivity index (χ3v) is 4.02. The highest BCUT2D eigenvalue weighted by Crippen LogP contribution is 2.35. The molecule has 0 unspecified atom stereocenters. The summed E-state index contributed by atoms with van der Waals surface area (Å²) in [6.07, 6.45) is -1.12. The van der Waals surface area contributed by atoms with Crippen LogP contribution >= 0.6 is 23.2 Å². The molecule has 0 saturated carbocycles. The highest BCUT2D eigenvalue weighted by atomic mass is 35.5. The number of carboxylic acids is 1. The Kier molecular flexibility index (Phi) is 3.87. The Balaban J connectivity index is 2.32. The number of aliphatic carboxylic acids is 1. The fourth-order valence-corrected chi connectivity index (χ4v) is 2.60. The number of halogens is 2. The van der Waals surface area contributed by atoms with Gasteiger partial charge < -0.3 is 15.1 Å². The smallest absolute Gasteiger partial charge is 0.407 e. The molecule has 7 heteroatoms. The van der Waals surface area contributed by atoms with Crippen molar-refractivity contribution in [1.82, 2.24) is 4.90 Å². The number of benzene rings is 1. The minimum atomic E-state index is -1.12. The van der Waals surface area contributed by atoms with Crippen LogP contribution < -0.4 is 0 Å². The van der Waals surface area contributed by atoms with Gasteiger partial charge in [-0.05, 0) is 17.7 Å². The Morgan fingerprint density at radius 2 is 1.84 bits per heavy atom. The Bertz CT molecular complexity index is 534. The number of nitrogens with zero attached hydrogens (tertiary/aromatic N) is 1. The van der Waals surface area contributed by atoms with Gasteiger partial charge in [0.1, 0.15) is 0 Å². The predicted molar refractivity (Wildman–Crippen MR) is 69.9 cm³/mol. The molecule has 1 fully saturated rings. The van der Waals surface area contributed by atoms with Crippen molar-refractivity contribution >= 4 is 35.3 Å². The molecule has 1 heterocycles. The van der Waals surface area contributed by atoms with Crippen LogP contribution in [0.5, 0.6) is 0 Å². The van der Waals surface area contributed by atoms with Crippen LogP contribution in [-0.4, -0.2) is 40.3 Å². The summed E-state index contributed by atoms with van der Waals surface area (Å²) in [5, 5.41) is 18.9. The molecule has 1 aromatic carbocycles. The van der Waals surface area contributed by atoms with Crippen LogP contribution in [0.3, 0.4) is 0 Å². The fraction of sp³-hybridized carbons (Fsp3) is 0.333. The monoisotopic (exact) mass is 303 g/mol. The van der Waals surface area contributed by atoms with E-state index in [0.29, 0.717) is 15.6 Å². The molecule has 5 nitrogen and oxygen atoms in total. The van der Waals surface area contributed by atoms with Crippen LogP contribution in [0.15, 0.2) is 18.2 Å². The van der Waals surface area contributed by atoms with Gasteiger partial charge in [0.2, 0.25) is 0 Å². The second-order valence-corrected chi connectivity index (χ2v) is 5.23. The summed E-state index contributed by atoms with van der Waals surface area (Å²) in [5.74, 6) is -2.20. The van der Waals surface area contributed by atoms with E-state index in [0.717, 1.165) is 4.90 Å². The van der Waals surface area contributed by atoms with Crippen LogP contribution in [-0.2, 0) is 4.79 Å². The first-order valence-electron chi connectivity index (χ1n) is 5.55. The number of amides is 1. The summed E-state index contributed by atoms with van der Waals surface area (Å²) in [7, 11) is 0. The molecule has 0 aliphatic carbocycles. The lowest BCUT2D eigenvalue weighted by Crippen LogP contribution is -2.28. The number of carboxylic acid groups (broad SMARTS) is 2. The van der Waals surface area contributed by atoms with Gasteiger partial charge in [-0.1, -0.05) is 29.3 Å². The van der Waals surface area contributed by atoms with E-state index in [1.54, 1.807) is 18.2 Å². The van der Waals surface area contributed by atoms with Crippen molar-refractivity contribution in [3.05, 3.63) is 33.8 Å². The van der Waals surface area contributed by atoms with Gasteiger partial charge in [0.05, 0.1) is 16.0 Å². The maximum atomic E-state index is 11.2. The Labute approximate surface area is 119 Å². The standard InChI is InChI=1S/C12H11Cl2NO4/c13-9-2-1-6(3-10(9)14)7-4-15(12(18)19)5-8(7)11(16)17/h1-3,7-8H,4-5H2,(H,16,17)(H,18,19)/t7-,8+/m0/s1. The van der Waals surface area contributed by atoms with E-state index in [1.807, 2.05) is 0 Å². The van der Waals surface area contributed by atoms with E-state index >= 15 is 0 Å². The quantitative estimate of drug-likeness (QED) is 0.880. The highest BCUT2D eigenvalue weighted by Gasteiger charge is 2.40. The molecule has 19 heavy (non-hydrogen) atoms. The SMILES string of the molecule is O=C(O)[C@@H]1CN(C(=O)O)C[C@H]1c1ccc(Cl)c(Cl)c1. The number of likely N-dealkylation sites (tertiary alicyclic amines) is 1. The van der Waals surface area contributed by atoms with E-state index in [9.17, 15) is 14.7 Å². The van der Waals surface area contributed by atoms with Crippen molar-refractivity contribution in [3.8, 4) is 0 Å². The second-order valence-electron chi connectivity index (χ2n) is 4.41. The van der Waals surface area contributed by atoms with Crippen molar-refractivity contribution in [2.75, 3.05) is 13.1 Å². The molecule has 2 N–H and O–H groups in total. The van der Waals surface area contributed by atoms with E-state index < -0.39 is 23.9 Å². The maximum Gasteiger partial charge on any atom is 0.407 e. The highest BCUT2D eigenvalue weighted by molar-refractivity contribution is 6.42. The van der Waals surface area contributed by atoms with E-state index in [1.165, 1.54) is 0 Å². The van der Waals surface area contributed by atoms with Crippen LogP contribution in [0.1, 0.15) is 11.5 Å². The first kappa shape index (κ1) is 14.0. The van der Waals surface area contributed by atoms with Crippen molar-refractivity contribution in [3.63, 3.8) is 0 Å². The summed E-state index contributed by atoms with van der Waals surface area (Å²) in [4.78, 5) is 23.3. The molecule has 2 atom stereocenters. The molecule has 0 bridgehead atoms. The van der Waals surface area contributed by atoms with Crippen molar-refractivity contribution in [1.29, 1.82) is 0 Å². The summed E-state index contributed by atoms with van der Waals surface area (Å²) in [5.41, 5.74) is 0.686. The number of rotatable bonds is 2. The van der Waals surface area contributed by atoms with Gasteiger partial charge in [-0.2, -0.15) is 0 Å². The van der Waals surface area contributed by atoms with Crippen LogP contribution in [0, 0.1) is 5.92 Å². The second kappa shape index (κ2) is 5.27. The molecular formula is C12H11Cl2NO4. The lowest BCUT2D eigenvalue weighted by atomic mass is 9.89. The molecule has 0 radical (unpaired) electrons. The average molecular weight is 304 g/mol. The minimum absolute atomic E-state index is 0.0183. The molecule has 1 amide bonds.